The van der Waals surface area contributed by atoms with Gasteiger partial charge in [0.25, 0.3) is 0 Å². The van der Waals surface area contributed by atoms with Gasteiger partial charge in [-0.15, -0.1) is 0 Å². The third-order valence-corrected chi connectivity index (χ3v) is 7.47. The molecule has 0 saturated carbocycles. The molecule has 4 rings (SSSR count). The van der Waals surface area contributed by atoms with Gasteiger partial charge in [-0.2, -0.15) is 0 Å². The van der Waals surface area contributed by atoms with Crippen molar-refractivity contribution in [2.75, 3.05) is 19.6 Å². The number of carbonyl (C=O) groups excluding carboxylic acids is 2. The summed E-state index contributed by atoms with van der Waals surface area (Å²) in [4.78, 5) is 35.5. The molecule has 1 aliphatic rings. The molecule has 2 N–H and O–H groups in total. The van der Waals surface area contributed by atoms with Gasteiger partial charge in [-0.3, -0.25) is 9.59 Å². The largest absolute Gasteiger partial charge is 0.346 e. The maximum atomic E-state index is 13.3. The first-order valence-corrected chi connectivity index (χ1v) is 13.7. The van der Waals surface area contributed by atoms with Gasteiger partial charge in [0.05, 0.1) is 23.9 Å². The maximum Gasteiger partial charge on any atom is 0.224 e. The van der Waals surface area contributed by atoms with Crippen molar-refractivity contribution < 1.29 is 9.59 Å². The summed E-state index contributed by atoms with van der Waals surface area (Å²) in [7, 11) is 0. The topological polar surface area (TPSA) is 78.1 Å². The Kier molecular flexibility index (Phi) is 9.29. The zero-order chi connectivity index (χ0) is 25.3. The molecule has 6 nitrogen and oxygen atoms in total. The van der Waals surface area contributed by atoms with Crippen molar-refractivity contribution in [1.29, 1.82) is 0 Å². The number of Topliss-reactive ketones (excluding diaryl/α,β-unsaturated/α-hetero) is 1. The molecule has 0 aliphatic carbocycles. The minimum Gasteiger partial charge on any atom is -0.346 e. The molecular weight excluding hydrogens is 448 g/mol. The first kappa shape index (κ1) is 26.1. The Morgan fingerprint density at radius 3 is 2.75 bits per heavy atom. The molecule has 36 heavy (non-hydrogen) atoms. The molecule has 0 spiro atoms. The van der Waals surface area contributed by atoms with E-state index in [1.165, 1.54) is 10.8 Å². The molecule has 192 valence electrons. The highest BCUT2D eigenvalue weighted by atomic mass is 16.2. The number of unbranched alkanes of at least 4 members (excludes halogenated alkanes) is 2. The standard InChI is InChI=1S/C30H40N4O2/c1-3-26(35)14-6-5-7-15-27(33-30(36)25-13-10-18-34(4-2)21-25)29-31-20-28(32-29)24-17-16-22-11-8-9-12-23(22)19-24/h8-9,11-12,16-17,19-20,25,27H,3-7,10,13-15,18,21H2,1-2H3,(H,31,32)(H,33,36)/t25?,27-/m0/s1. The molecule has 6 heteroatoms. The highest BCUT2D eigenvalue weighted by molar-refractivity contribution is 5.86. The number of amides is 1. The highest BCUT2D eigenvalue weighted by Gasteiger charge is 2.27. The van der Waals surface area contributed by atoms with E-state index in [2.05, 4.69) is 58.5 Å². The van der Waals surface area contributed by atoms with Crippen molar-refractivity contribution in [2.24, 2.45) is 5.92 Å². The number of nitrogens with one attached hydrogen (secondary N) is 2. The van der Waals surface area contributed by atoms with Crippen molar-refractivity contribution in [3.63, 3.8) is 0 Å². The molecule has 1 aromatic heterocycles. The number of piperidine rings is 1. The molecule has 1 fully saturated rings. The van der Waals surface area contributed by atoms with E-state index in [0.717, 1.165) is 75.2 Å². The Labute approximate surface area is 214 Å². The summed E-state index contributed by atoms with van der Waals surface area (Å²) in [6.45, 7) is 6.96. The van der Waals surface area contributed by atoms with Crippen molar-refractivity contribution in [1.82, 2.24) is 20.2 Å². The van der Waals surface area contributed by atoms with Crippen LogP contribution in [0.4, 0.5) is 0 Å². The lowest BCUT2D eigenvalue weighted by Crippen LogP contribution is -2.44. The van der Waals surface area contributed by atoms with Crippen LogP contribution in [0.2, 0.25) is 0 Å². The van der Waals surface area contributed by atoms with Crippen LogP contribution in [0.1, 0.15) is 77.1 Å². The Balaban J connectivity index is 1.46. The minimum absolute atomic E-state index is 0.0262. The second-order valence-electron chi connectivity index (χ2n) is 10.0. The van der Waals surface area contributed by atoms with Crippen molar-refractivity contribution in [3.8, 4) is 11.3 Å². The number of benzene rings is 2. The highest BCUT2D eigenvalue weighted by Crippen LogP contribution is 2.26. The van der Waals surface area contributed by atoms with Crippen molar-refractivity contribution in [2.45, 2.75) is 71.3 Å². The number of carbonyl (C=O) groups is 2. The van der Waals surface area contributed by atoms with E-state index in [1.54, 1.807) is 0 Å². The SMILES string of the molecule is CCC(=O)CCCCC[C@H](NC(=O)C1CCCN(CC)C1)c1ncc(-c2ccc3ccccc3c2)[nH]1. The van der Waals surface area contributed by atoms with Crippen LogP contribution in [0.15, 0.2) is 48.7 Å². The van der Waals surface area contributed by atoms with E-state index in [4.69, 9.17) is 4.98 Å². The van der Waals surface area contributed by atoms with Gasteiger partial charge < -0.3 is 15.2 Å². The Hall–Kier alpha value is -2.99. The van der Waals surface area contributed by atoms with Gasteiger partial charge in [-0.1, -0.05) is 63.1 Å². The van der Waals surface area contributed by atoms with Gasteiger partial charge >= 0.3 is 0 Å². The predicted octanol–water partition coefficient (Wildman–Crippen LogP) is 6.05. The van der Waals surface area contributed by atoms with Crippen LogP contribution in [-0.2, 0) is 9.59 Å². The third-order valence-electron chi connectivity index (χ3n) is 7.47. The number of aromatic nitrogens is 2. The molecule has 2 aromatic carbocycles. The zero-order valence-corrected chi connectivity index (χ0v) is 21.8. The minimum atomic E-state index is -0.161. The number of fused-ring (bicyclic) bond motifs is 1. The van der Waals surface area contributed by atoms with Gasteiger partial charge in [-0.05, 0) is 55.6 Å². The number of H-pyrrole nitrogens is 1. The normalized spacial score (nSPS) is 17.2. The first-order chi connectivity index (χ1) is 17.6. The van der Waals surface area contributed by atoms with Crippen LogP contribution in [0.25, 0.3) is 22.0 Å². The summed E-state index contributed by atoms with van der Waals surface area (Å²) >= 11 is 0. The molecule has 1 unspecified atom stereocenters. The first-order valence-electron chi connectivity index (χ1n) is 13.7. The second-order valence-corrected chi connectivity index (χ2v) is 10.0. The summed E-state index contributed by atoms with van der Waals surface area (Å²) in [5.41, 5.74) is 2.04. The molecule has 2 heterocycles. The average molecular weight is 489 g/mol. The van der Waals surface area contributed by atoms with Crippen LogP contribution in [0, 0.1) is 5.92 Å². The van der Waals surface area contributed by atoms with Crippen LogP contribution < -0.4 is 5.32 Å². The van der Waals surface area contributed by atoms with Crippen LogP contribution >= 0.6 is 0 Å². The second kappa shape index (κ2) is 12.8. The van der Waals surface area contributed by atoms with Crippen molar-refractivity contribution in [3.05, 3.63) is 54.5 Å². The molecule has 1 amide bonds. The number of rotatable bonds is 12. The number of likely N-dealkylation sites (tertiary alicyclic amines) is 1. The lowest BCUT2D eigenvalue weighted by Gasteiger charge is -2.31. The maximum absolute atomic E-state index is 13.3. The van der Waals surface area contributed by atoms with Gasteiger partial charge in [-0.25, -0.2) is 4.98 Å². The summed E-state index contributed by atoms with van der Waals surface area (Å²) in [5.74, 6) is 1.28. The summed E-state index contributed by atoms with van der Waals surface area (Å²) in [6.07, 6.45) is 8.77. The summed E-state index contributed by atoms with van der Waals surface area (Å²) < 4.78 is 0. The van der Waals surface area contributed by atoms with E-state index in [-0.39, 0.29) is 17.9 Å². The lowest BCUT2D eigenvalue weighted by molar-refractivity contribution is -0.127. The van der Waals surface area contributed by atoms with E-state index in [0.29, 0.717) is 18.6 Å². The number of hydrogen-bond acceptors (Lipinski definition) is 4. The van der Waals surface area contributed by atoms with E-state index in [1.807, 2.05) is 19.2 Å². The van der Waals surface area contributed by atoms with Gasteiger partial charge in [0.2, 0.25) is 5.91 Å². The Morgan fingerprint density at radius 1 is 1.11 bits per heavy atom. The third kappa shape index (κ3) is 6.82. The molecule has 1 saturated heterocycles. The Morgan fingerprint density at radius 2 is 1.94 bits per heavy atom. The van der Waals surface area contributed by atoms with E-state index in [9.17, 15) is 9.59 Å². The number of imidazole rings is 1. The fraction of sp³-hybridized carbons (Fsp3) is 0.500. The van der Waals surface area contributed by atoms with E-state index < -0.39 is 0 Å². The number of nitrogens with zero attached hydrogens (tertiary/aromatic N) is 2. The van der Waals surface area contributed by atoms with Gasteiger partial charge in [0.1, 0.15) is 11.6 Å². The fourth-order valence-electron chi connectivity index (χ4n) is 5.17. The van der Waals surface area contributed by atoms with Gasteiger partial charge in [0.15, 0.2) is 0 Å². The zero-order valence-electron chi connectivity index (χ0n) is 21.8. The molecule has 2 atom stereocenters. The average Bonchev–Trinajstić information content (AvgIpc) is 3.42. The number of aromatic amines is 1. The summed E-state index contributed by atoms with van der Waals surface area (Å²) in [5, 5.41) is 5.73. The quantitative estimate of drug-likeness (QED) is 0.304. The monoisotopic (exact) mass is 488 g/mol. The molecule has 0 bridgehead atoms. The summed E-state index contributed by atoms with van der Waals surface area (Å²) in [6, 6.07) is 14.6. The number of ketones is 1. The lowest BCUT2D eigenvalue weighted by atomic mass is 9.96. The van der Waals surface area contributed by atoms with Crippen LogP contribution in [0.5, 0.6) is 0 Å². The molecule has 1 aliphatic heterocycles. The number of hydrogen-bond donors (Lipinski definition) is 2. The molecular formula is C30H40N4O2. The van der Waals surface area contributed by atoms with Crippen molar-refractivity contribution >= 4 is 22.5 Å². The smallest absolute Gasteiger partial charge is 0.224 e. The van der Waals surface area contributed by atoms with E-state index >= 15 is 0 Å². The van der Waals surface area contributed by atoms with Gasteiger partial charge in [0, 0.05) is 24.9 Å². The van der Waals surface area contributed by atoms with Crippen LogP contribution in [-0.4, -0.2) is 46.2 Å². The predicted molar refractivity (Wildman–Crippen MR) is 146 cm³/mol. The molecule has 0 radical (unpaired) electrons. The Bertz CT molecular complexity index is 1150. The molecule has 3 aromatic rings. The van der Waals surface area contributed by atoms with Crippen LogP contribution in [0.3, 0.4) is 0 Å². The fourth-order valence-corrected chi connectivity index (χ4v) is 5.17.